The van der Waals surface area contributed by atoms with Gasteiger partial charge in [0, 0.05) is 33.7 Å². The summed E-state index contributed by atoms with van der Waals surface area (Å²) in [6.07, 6.45) is 3.12. The van der Waals surface area contributed by atoms with Crippen molar-refractivity contribution in [1.82, 2.24) is 4.90 Å². The number of hydrogen-bond donors (Lipinski definition) is 1. The Morgan fingerprint density at radius 3 is 2.81 bits per heavy atom. The first-order valence-electron chi connectivity index (χ1n) is 7.18. The minimum absolute atomic E-state index is 0.148. The average molecular weight is 296 g/mol. The van der Waals surface area contributed by atoms with Crippen LogP contribution >= 0.6 is 11.3 Å². The Morgan fingerprint density at radius 1 is 1.33 bits per heavy atom. The molecule has 1 aliphatic rings. The van der Waals surface area contributed by atoms with Crippen LogP contribution in [0.15, 0.2) is 43.5 Å². The Balaban J connectivity index is 2.04. The average Bonchev–Trinajstić information content (AvgIpc) is 2.98. The van der Waals surface area contributed by atoms with Gasteiger partial charge in [-0.3, -0.25) is 0 Å². The molecule has 21 heavy (non-hydrogen) atoms. The summed E-state index contributed by atoms with van der Waals surface area (Å²) in [4.78, 5) is 4.95. The van der Waals surface area contributed by atoms with Crippen LogP contribution in [0, 0.1) is 0 Å². The lowest BCUT2D eigenvalue weighted by molar-refractivity contribution is 0.389. The minimum atomic E-state index is 0.148. The fourth-order valence-corrected chi connectivity index (χ4v) is 3.80. The number of anilines is 1. The molecule has 1 aliphatic heterocycles. The van der Waals surface area contributed by atoms with Gasteiger partial charge in [-0.15, -0.1) is 11.3 Å². The van der Waals surface area contributed by atoms with E-state index in [-0.39, 0.29) is 6.17 Å². The van der Waals surface area contributed by atoms with Crippen molar-refractivity contribution in [3.8, 4) is 0 Å². The summed E-state index contributed by atoms with van der Waals surface area (Å²) in [5, 5.41) is 3.63. The zero-order valence-electron chi connectivity index (χ0n) is 12.5. The van der Waals surface area contributed by atoms with Gasteiger partial charge in [0.15, 0.2) is 0 Å². The molecule has 0 fully saturated rings. The SMILES string of the molecule is C=Cc1cccc2c1C(=C)N(C)C(c1ccc(CC)s1)N2. The molecule has 1 aromatic heterocycles. The first-order valence-corrected chi connectivity index (χ1v) is 8.00. The topological polar surface area (TPSA) is 15.3 Å². The van der Waals surface area contributed by atoms with Gasteiger partial charge in [0.25, 0.3) is 0 Å². The second-order valence-electron chi connectivity index (χ2n) is 5.24. The van der Waals surface area contributed by atoms with Crippen molar-refractivity contribution in [2.45, 2.75) is 19.5 Å². The minimum Gasteiger partial charge on any atom is -0.360 e. The summed E-state index contributed by atoms with van der Waals surface area (Å²) in [5.41, 5.74) is 4.44. The highest BCUT2D eigenvalue weighted by molar-refractivity contribution is 7.12. The van der Waals surface area contributed by atoms with E-state index in [0.29, 0.717) is 0 Å². The number of benzene rings is 1. The smallest absolute Gasteiger partial charge is 0.135 e. The molecule has 0 radical (unpaired) electrons. The Hall–Kier alpha value is -2.00. The van der Waals surface area contributed by atoms with Gasteiger partial charge in [-0.25, -0.2) is 0 Å². The van der Waals surface area contributed by atoms with Crippen molar-refractivity contribution in [3.05, 3.63) is 64.4 Å². The van der Waals surface area contributed by atoms with Crippen molar-refractivity contribution in [2.24, 2.45) is 0 Å². The van der Waals surface area contributed by atoms with Crippen LogP contribution in [0.5, 0.6) is 0 Å². The maximum Gasteiger partial charge on any atom is 0.135 e. The summed E-state index contributed by atoms with van der Waals surface area (Å²) in [7, 11) is 2.09. The molecular formula is C18H20N2S. The Labute approximate surface area is 130 Å². The highest BCUT2D eigenvalue weighted by atomic mass is 32.1. The predicted molar refractivity (Wildman–Crippen MR) is 93.4 cm³/mol. The van der Waals surface area contributed by atoms with Gasteiger partial charge in [-0.1, -0.05) is 38.3 Å². The zero-order valence-corrected chi connectivity index (χ0v) is 13.3. The molecule has 1 N–H and O–H groups in total. The lowest BCUT2D eigenvalue weighted by Gasteiger charge is -2.38. The molecule has 3 rings (SSSR count). The lowest BCUT2D eigenvalue weighted by Crippen LogP contribution is -2.33. The molecule has 0 saturated heterocycles. The standard InChI is InChI=1S/C18H20N2S/c1-5-13-8-7-9-15-17(13)12(3)20(4)18(19-15)16-11-10-14(6-2)21-16/h5,7-11,18-19H,1,3,6H2,2,4H3. The number of rotatable bonds is 3. The lowest BCUT2D eigenvalue weighted by atomic mass is 9.99. The Kier molecular flexibility index (Phi) is 3.60. The van der Waals surface area contributed by atoms with Crippen LogP contribution in [0.3, 0.4) is 0 Å². The van der Waals surface area contributed by atoms with Crippen LogP contribution in [0.25, 0.3) is 11.8 Å². The number of thiophene rings is 1. The second-order valence-corrected chi connectivity index (χ2v) is 6.44. The second kappa shape index (κ2) is 5.41. The van der Waals surface area contributed by atoms with Crippen molar-refractivity contribution in [2.75, 3.05) is 12.4 Å². The third-order valence-electron chi connectivity index (χ3n) is 4.01. The molecule has 1 atom stereocenters. The third kappa shape index (κ3) is 2.28. The van der Waals surface area contributed by atoms with Crippen molar-refractivity contribution in [1.29, 1.82) is 0 Å². The van der Waals surface area contributed by atoms with Gasteiger partial charge in [0.1, 0.15) is 6.17 Å². The van der Waals surface area contributed by atoms with Gasteiger partial charge in [-0.2, -0.15) is 0 Å². The number of fused-ring (bicyclic) bond motifs is 1. The summed E-state index contributed by atoms with van der Waals surface area (Å²) < 4.78 is 0. The van der Waals surface area contributed by atoms with Crippen LogP contribution in [-0.4, -0.2) is 11.9 Å². The van der Waals surface area contributed by atoms with Crippen molar-refractivity contribution in [3.63, 3.8) is 0 Å². The monoisotopic (exact) mass is 296 g/mol. The van der Waals surface area contributed by atoms with Crippen LogP contribution in [0.1, 0.15) is 34.0 Å². The molecule has 0 amide bonds. The number of nitrogens with one attached hydrogen (secondary N) is 1. The molecule has 108 valence electrons. The van der Waals surface area contributed by atoms with E-state index in [9.17, 15) is 0 Å². The van der Waals surface area contributed by atoms with E-state index in [0.717, 1.165) is 28.9 Å². The van der Waals surface area contributed by atoms with E-state index >= 15 is 0 Å². The first-order chi connectivity index (χ1) is 10.2. The van der Waals surface area contributed by atoms with Gasteiger partial charge in [0.2, 0.25) is 0 Å². The number of nitrogens with zero attached hydrogens (tertiary/aromatic N) is 1. The van der Waals surface area contributed by atoms with Crippen molar-refractivity contribution >= 4 is 28.8 Å². The van der Waals surface area contributed by atoms with Crippen LogP contribution in [-0.2, 0) is 6.42 Å². The molecule has 2 nitrogen and oxygen atoms in total. The van der Waals surface area contributed by atoms with Gasteiger partial charge in [0.05, 0.1) is 0 Å². The summed E-state index contributed by atoms with van der Waals surface area (Å²) in [6, 6.07) is 10.7. The highest BCUT2D eigenvalue weighted by Gasteiger charge is 2.28. The third-order valence-corrected chi connectivity index (χ3v) is 5.29. The molecule has 0 saturated carbocycles. The molecular weight excluding hydrogens is 276 g/mol. The van der Waals surface area contributed by atoms with Gasteiger partial charge in [-0.05, 0) is 30.2 Å². The van der Waals surface area contributed by atoms with E-state index < -0.39 is 0 Å². The van der Waals surface area contributed by atoms with E-state index in [1.54, 1.807) is 0 Å². The normalized spacial score (nSPS) is 17.3. The maximum atomic E-state index is 4.29. The van der Waals surface area contributed by atoms with Crippen LogP contribution in [0.4, 0.5) is 5.69 Å². The first kappa shape index (κ1) is 14.0. The fraction of sp³-hybridized carbons (Fsp3) is 0.222. The number of aryl methyl sites for hydroxylation is 1. The Morgan fingerprint density at radius 2 is 2.14 bits per heavy atom. The molecule has 1 aromatic carbocycles. The van der Waals surface area contributed by atoms with Gasteiger partial charge >= 0.3 is 0 Å². The molecule has 2 heterocycles. The Bertz CT molecular complexity index is 699. The van der Waals surface area contributed by atoms with Crippen LogP contribution in [0.2, 0.25) is 0 Å². The summed E-state index contributed by atoms with van der Waals surface area (Å²) in [6.45, 7) is 10.4. The number of hydrogen-bond acceptors (Lipinski definition) is 3. The van der Waals surface area contributed by atoms with Crippen LogP contribution < -0.4 is 5.32 Å². The van der Waals surface area contributed by atoms with Crippen molar-refractivity contribution < 1.29 is 0 Å². The van der Waals surface area contributed by atoms with E-state index in [1.807, 2.05) is 17.4 Å². The van der Waals surface area contributed by atoms with E-state index in [1.165, 1.54) is 9.75 Å². The molecule has 1 unspecified atom stereocenters. The van der Waals surface area contributed by atoms with Gasteiger partial charge < -0.3 is 10.2 Å². The van der Waals surface area contributed by atoms with E-state index in [2.05, 4.69) is 67.7 Å². The molecule has 0 aliphatic carbocycles. The zero-order chi connectivity index (χ0) is 15.0. The molecule has 0 spiro atoms. The molecule has 2 aromatic rings. The summed E-state index contributed by atoms with van der Waals surface area (Å²) in [5.74, 6) is 0. The predicted octanol–water partition coefficient (Wildman–Crippen LogP) is 4.98. The summed E-state index contributed by atoms with van der Waals surface area (Å²) >= 11 is 1.86. The quantitative estimate of drug-likeness (QED) is 0.859. The molecule has 3 heteroatoms. The fourth-order valence-electron chi connectivity index (χ4n) is 2.75. The molecule has 0 bridgehead atoms. The highest BCUT2D eigenvalue weighted by Crippen LogP contribution is 2.41. The maximum absolute atomic E-state index is 4.29. The van der Waals surface area contributed by atoms with E-state index in [4.69, 9.17) is 0 Å². The largest absolute Gasteiger partial charge is 0.360 e.